The third-order valence-corrected chi connectivity index (χ3v) is 10.3. The Morgan fingerprint density at radius 1 is 0.909 bits per heavy atom. The Labute approximate surface area is 261 Å². The van der Waals surface area contributed by atoms with Crippen molar-refractivity contribution in [2.24, 2.45) is 5.92 Å². The number of sulfonamides is 1. The minimum atomic E-state index is -3.95. The van der Waals surface area contributed by atoms with Crippen molar-refractivity contribution in [1.29, 1.82) is 0 Å². The van der Waals surface area contributed by atoms with Gasteiger partial charge in [-0.3, -0.25) is 0 Å². The molecule has 0 saturated heterocycles. The molecule has 230 valence electrons. The predicted molar refractivity (Wildman–Crippen MR) is 175 cm³/mol. The van der Waals surface area contributed by atoms with Crippen molar-refractivity contribution < 1.29 is 13.2 Å². The van der Waals surface area contributed by atoms with Crippen molar-refractivity contribution in [3.63, 3.8) is 0 Å². The number of rotatable bonds is 4. The summed E-state index contributed by atoms with van der Waals surface area (Å²) >= 11 is 0. The minimum Gasteiger partial charge on any atom is -0.468 e. The summed E-state index contributed by atoms with van der Waals surface area (Å²) in [4.78, 5) is 9.53. The number of fused-ring (bicyclic) bond motifs is 4. The summed E-state index contributed by atoms with van der Waals surface area (Å²) in [6.45, 7) is 11.2. The van der Waals surface area contributed by atoms with Gasteiger partial charge in [-0.2, -0.15) is 4.98 Å². The van der Waals surface area contributed by atoms with Gasteiger partial charge in [0.1, 0.15) is 6.10 Å². The monoisotopic (exact) mass is 610 g/mol. The van der Waals surface area contributed by atoms with E-state index in [-0.39, 0.29) is 28.4 Å². The van der Waals surface area contributed by atoms with Crippen LogP contribution in [0.25, 0.3) is 11.3 Å². The fourth-order valence-electron chi connectivity index (χ4n) is 6.22. The van der Waals surface area contributed by atoms with E-state index in [0.29, 0.717) is 24.0 Å². The van der Waals surface area contributed by atoms with Crippen molar-refractivity contribution >= 4 is 16.0 Å². The van der Waals surface area contributed by atoms with Gasteiger partial charge in [0, 0.05) is 24.2 Å². The fraction of sp³-hybridized carbons (Fsp3) is 0.389. The maximum absolute atomic E-state index is 13.6. The van der Waals surface area contributed by atoms with E-state index in [1.165, 1.54) is 24.8 Å². The molecule has 44 heavy (non-hydrogen) atoms. The quantitative estimate of drug-likeness (QED) is 0.247. The van der Waals surface area contributed by atoms with Gasteiger partial charge in [-0.15, -0.1) is 0 Å². The van der Waals surface area contributed by atoms with Crippen LogP contribution in [0, 0.1) is 19.8 Å². The van der Waals surface area contributed by atoms with Gasteiger partial charge in [-0.05, 0) is 71.6 Å². The third-order valence-electron chi connectivity index (χ3n) is 8.97. The zero-order valence-corrected chi connectivity index (χ0v) is 27.0. The first-order valence-corrected chi connectivity index (χ1v) is 17.0. The largest absolute Gasteiger partial charge is 0.468 e. The van der Waals surface area contributed by atoms with Crippen LogP contribution in [-0.4, -0.2) is 24.4 Å². The number of hydrogen-bond acceptors (Lipinski definition) is 6. The van der Waals surface area contributed by atoms with Gasteiger partial charge in [0.05, 0.1) is 10.6 Å². The lowest BCUT2D eigenvalue weighted by molar-refractivity contribution is 0.118. The third kappa shape index (κ3) is 6.52. The number of hydrogen-bond donors (Lipinski definition) is 2. The Morgan fingerprint density at radius 2 is 1.61 bits per heavy atom. The maximum Gasteiger partial charge on any atom is 0.264 e. The molecule has 2 N–H and O–H groups in total. The summed E-state index contributed by atoms with van der Waals surface area (Å²) in [5.41, 5.74) is 6.82. The van der Waals surface area contributed by atoms with Crippen LogP contribution in [0.1, 0.15) is 80.4 Å². The van der Waals surface area contributed by atoms with Crippen LogP contribution in [0.4, 0.5) is 5.95 Å². The van der Waals surface area contributed by atoms with E-state index in [0.717, 1.165) is 34.2 Å². The smallest absolute Gasteiger partial charge is 0.264 e. The summed E-state index contributed by atoms with van der Waals surface area (Å²) in [6.07, 6.45) is 4.26. The molecular weight excluding hydrogens is 568 g/mol. The molecule has 7 nitrogen and oxygen atoms in total. The zero-order chi connectivity index (χ0) is 31.1. The molecule has 1 aromatic heterocycles. The highest BCUT2D eigenvalue weighted by atomic mass is 32.2. The molecule has 1 aliphatic carbocycles. The highest BCUT2D eigenvalue weighted by Crippen LogP contribution is 2.37. The van der Waals surface area contributed by atoms with Crippen molar-refractivity contribution in [3.8, 4) is 17.1 Å². The molecule has 1 aliphatic heterocycles. The van der Waals surface area contributed by atoms with Gasteiger partial charge >= 0.3 is 0 Å². The van der Waals surface area contributed by atoms with E-state index in [4.69, 9.17) is 9.72 Å². The number of anilines is 1. The van der Waals surface area contributed by atoms with E-state index in [9.17, 15) is 8.42 Å². The van der Waals surface area contributed by atoms with Crippen LogP contribution in [0.2, 0.25) is 0 Å². The number of aryl methyl sites for hydroxylation is 2. The summed E-state index contributed by atoms with van der Waals surface area (Å²) in [5.74, 6) is 0.921. The molecular formula is C36H42N4O3S. The molecule has 0 spiro atoms. The fourth-order valence-corrected chi connectivity index (χ4v) is 7.23. The molecule has 3 aromatic carbocycles. The highest BCUT2D eigenvalue weighted by molar-refractivity contribution is 7.92. The summed E-state index contributed by atoms with van der Waals surface area (Å²) < 4.78 is 36.6. The standard InChI is InChI=1S/C36H42N4O3S/c1-23-9-6-10-24(2)33(23)30-21-32-39-35(38-30)40-44(41,42)29-14-8-13-26(19-29)22-37-31(20-25-11-7-12-25)34(43-32)27-15-17-28(18-16-27)36(3,4)5/h6,8-10,13-19,21,25,31,34,37H,7,11-12,20,22H2,1-5H3,(H,38,39,40)/t31-,34-/m1/s1. The molecule has 2 aliphatic rings. The van der Waals surface area contributed by atoms with Crippen molar-refractivity contribution in [2.75, 3.05) is 4.72 Å². The molecule has 0 radical (unpaired) electrons. The first-order valence-electron chi connectivity index (χ1n) is 15.5. The molecule has 0 amide bonds. The Bertz CT molecular complexity index is 1740. The average molecular weight is 611 g/mol. The molecule has 2 atom stereocenters. The lowest BCUT2D eigenvalue weighted by atomic mass is 9.79. The van der Waals surface area contributed by atoms with Crippen molar-refractivity contribution in [1.82, 2.24) is 15.3 Å². The molecule has 4 bridgehead atoms. The molecule has 8 heteroatoms. The van der Waals surface area contributed by atoms with E-state index >= 15 is 0 Å². The Kier molecular flexibility index (Phi) is 8.24. The zero-order valence-electron chi connectivity index (χ0n) is 26.2. The van der Waals surface area contributed by atoms with Gasteiger partial charge < -0.3 is 10.1 Å². The first kappa shape index (κ1) is 30.3. The Balaban J connectivity index is 1.52. The van der Waals surface area contributed by atoms with E-state index < -0.39 is 10.0 Å². The summed E-state index contributed by atoms with van der Waals surface area (Å²) in [6, 6.07) is 23.6. The molecule has 6 rings (SSSR count). The van der Waals surface area contributed by atoms with Crippen LogP contribution < -0.4 is 14.8 Å². The van der Waals surface area contributed by atoms with E-state index in [1.807, 2.05) is 44.2 Å². The summed E-state index contributed by atoms with van der Waals surface area (Å²) in [7, 11) is -3.95. The lowest BCUT2D eigenvalue weighted by Crippen LogP contribution is -2.40. The molecule has 1 saturated carbocycles. The minimum absolute atomic E-state index is 0.0184. The van der Waals surface area contributed by atoms with E-state index in [1.54, 1.807) is 18.2 Å². The number of ether oxygens (including phenoxy) is 1. The van der Waals surface area contributed by atoms with Gasteiger partial charge in [-0.25, -0.2) is 18.1 Å². The molecule has 1 fully saturated rings. The second kappa shape index (κ2) is 12.0. The SMILES string of the molecule is Cc1cccc(C)c1-c1cc2nc(n1)NS(=O)(=O)c1cccc(c1)CN[C@H](CC1CCC1)[C@@H](c1ccc(C(C)(C)C)cc1)O2. The van der Waals surface area contributed by atoms with E-state index in [2.05, 4.69) is 60.1 Å². The number of benzene rings is 3. The van der Waals surface area contributed by atoms with Gasteiger partial charge in [0.25, 0.3) is 10.0 Å². The topological polar surface area (TPSA) is 93.2 Å². The van der Waals surface area contributed by atoms with Crippen LogP contribution in [-0.2, 0) is 22.0 Å². The second-order valence-corrected chi connectivity index (χ2v) is 15.0. The Hall–Kier alpha value is -3.75. The van der Waals surface area contributed by atoms with Crippen molar-refractivity contribution in [3.05, 3.63) is 101 Å². The van der Waals surface area contributed by atoms with Crippen molar-refractivity contribution in [2.45, 2.75) is 89.3 Å². The predicted octanol–water partition coefficient (Wildman–Crippen LogP) is 7.64. The average Bonchev–Trinajstić information content (AvgIpc) is 2.95. The maximum atomic E-state index is 13.6. The first-order chi connectivity index (χ1) is 21.0. The number of nitrogens with zero attached hydrogens (tertiary/aromatic N) is 2. The number of nitrogens with one attached hydrogen (secondary N) is 2. The lowest BCUT2D eigenvalue weighted by Gasteiger charge is -2.35. The number of aromatic nitrogens is 2. The Morgan fingerprint density at radius 3 is 2.27 bits per heavy atom. The molecule has 4 aromatic rings. The van der Waals surface area contributed by atoms with Crippen LogP contribution in [0.15, 0.2) is 77.7 Å². The van der Waals surface area contributed by atoms with Gasteiger partial charge in [-0.1, -0.05) is 94.6 Å². The highest BCUT2D eigenvalue weighted by Gasteiger charge is 2.32. The second-order valence-electron chi connectivity index (χ2n) is 13.4. The molecule has 2 heterocycles. The van der Waals surface area contributed by atoms with Crippen LogP contribution in [0.5, 0.6) is 5.88 Å². The normalized spacial score (nSPS) is 20.2. The summed E-state index contributed by atoms with van der Waals surface area (Å²) in [5, 5.41) is 3.78. The van der Waals surface area contributed by atoms with Gasteiger partial charge in [0.2, 0.25) is 11.8 Å². The van der Waals surface area contributed by atoms with Crippen LogP contribution >= 0.6 is 0 Å². The van der Waals surface area contributed by atoms with Gasteiger partial charge in [0.15, 0.2) is 0 Å². The van der Waals surface area contributed by atoms with Crippen LogP contribution in [0.3, 0.4) is 0 Å². The molecule has 0 unspecified atom stereocenters.